The second kappa shape index (κ2) is 6.79. The molecule has 0 saturated carbocycles. The minimum Gasteiger partial charge on any atom is -0.386 e. The predicted octanol–water partition coefficient (Wildman–Crippen LogP) is 1.59. The first-order valence-corrected chi connectivity index (χ1v) is 8.18. The molecule has 3 rings (SSSR count). The van der Waals surface area contributed by atoms with Crippen LogP contribution in [0.3, 0.4) is 0 Å². The van der Waals surface area contributed by atoms with Gasteiger partial charge in [0.1, 0.15) is 23.0 Å². The molecule has 134 valence electrons. The summed E-state index contributed by atoms with van der Waals surface area (Å²) in [6, 6.07) is 2.93. The first-order valence-electron chi connectivity index (χ1n) is 8.18. The monoisotopic (exact) mass is 348 g/mol. The van der Waals surface area contributed by atoms with Crippen molar-refractivity contribution in [1.82, 2.24) is 15.5 Å². The average molecular weight is 348 g/mol. The molecule has 0 radical (unpaired) electrons. The van der Waals surface area contributed by atoms with Crippen LogP contribution in [0.4, 0.5) is 10.2 Å². The van der Waals surface area contributed by atoms with Crippen molar-refractivity contribution in [3.63, 3.8) is 0 Å². The standard InChI is InChI=1S/C17H21FN4O3/c1-11-15(12(2)25-21-11)16(23)20-9-17(24)6-3-7-22(10-17)14-5-4-13(18)8-19-14/h4-5,8,24H,3,6-7,9-10H2,1-2H3,(H,20,23). The van der Waals surface area contributed by atoms with E-state index in [9.17, 15) is 14.3 Å². The lowest BCUT2D eigenvalue weighted by Crippen LogP contribution is -2.54. The van der Waals surface area contributed by atoms with Gasteiger partial charge in [0, 0.05) is 19.6 Å². The van der Waals surface area contributed by atoms with Crippen LogP contribution in [0, 0.1) is 19.7 Å². The second-order valence-corrected chi connectivity index (χ2v) is 6.47. The molecule has 1 atom stereocenters. The summed E-state index contributed by atoms with van der Waals surface area (Å²) in [5.74, 6) is 0.337. The van der Waals surface area contributed by atoms with E-state index in [4.69, 9.17) is 4.52 Å². The zero-order valence-corrected chi connectivity index (χ0v) is 14.3. The van der Waals surface area contributed by atoms with Gasteiger partial charge in [-0.2, -0.15) is 0 Å². The number of piperidine rings is 1. The molecule has 2 aromatic rings. The summed E-state index contributed by atoms with van der Waals surface area (Å²) < 4.78 is 18.0. The fourth-order valence-electron chi connectivity index (χ4n) is 3.15. The number of hydrogen-bond acceptors (Lipinski definition) is 6. The van der Waals surface area contributed by atoms with E-state index >= 15 is 0 Å². The molecule has 0 aromatic carbocycles. The van der Waals surface area contributed by atoms with Crippen LogP contribution >= 0.6 is 0 Å². The number of β-amino-alcohol motifs (C(OH)–C–C–N with tert-alkyl or cyclic N) is 1. The summed E-state index contributed by atoms with van der Waals surface area (Å²) in [6.07, 6.45) is 2.46. The summed E-state index contributed by atoms with van der Waals surface area (Å²) in [4.78, 5) is 18.3. The van der Waals surface area contributed by atoms with Crippen molar-refractivity contribution in [3.8, 4) is 0 Å². The Kier molecular flexibility index (Phi) is 4.71. The van der Waals surface area contributed by atoms with Crippen molar-refractivity contribution >= 4 is 11.7 Å². The van der Waals surface area contributed by atoms with Gasteiger partial charge in [0.25, 0.3) is 5.91 Å². The van der Waals surface area contributed by atoms with Crippen LogP contribution in [0.1, 0.15) is 34.7 Å². The van der Waals surface area contributed by atoms with Gasteiger partial charge >= 0.3 is 0 Å². The number of aromatic nitrogens is 2. The minimum absolute atomic E-state index is 0.105. The fraction of sp³-hybridized carbons (Fsp3) is 0.471. The number of aryl methyl sites for hydroxylation is 2. The molecule has 7 nitrogen and oxygen atoms in total. The maximum atomic E-state index is 13.0. The first kappa shape index (κ1) is 17.3. The first-order chi connectivity index (χ1) is 11.9. The summed E-state index contributed by atoms with van der Waals surface area (Å²) in [5, 5.41) is 17.4. The molecule has 1 unspecified atom stereocenters. The SMILES string of the molecule is Cc1noc(C)c1C(=O)NCC1(O)CCCN(c2ccc(F)cn2)C1. The molecular weight excluding hydrogens is 327 g/mol. The van der Waals surface area contributed by atoms with Gasteiger partial charge in [0.2, 0.25) is 0 Å². The van der Waals surface area contributed by atoms with Gasteiger partial charge in [-0.15, -0.1) is 0 Å². The fourth-order valence-corrected chi connectivity index (χ4v) is 3.15. The number of rotatable bonds is 4. The van der Waals surface area contributed by atoms with Gasteiger partial charge in [-0.3, -0.25) is 4.79 Å². The molecule has 0 spiro atoms. The lowest BCUT2D eigenvalue weighted by atomic mass is 9.92. The van der Waals surface area contributed by atoms with Crippen molar-refractivity contribution in [1.29, 1.82) is 0 Å². The summed E-state index contributed by atoms with van der Waals surface area (Å²) >= 11 is 0. The molecule has 8 heteroatoms. The van der Waals surface area contributed by atoms with Crippen molar-refractivity contribution in [3.05, 3.63) is 41.2 Å². The molecule has 1 saturated heterocycles. The average Bonchev–Trinajstić information content (AvgIpc) is 2.92. The van der Waals surface area contributed by atoms with E-state index in [0.717, 1.165) is 19.2 Å². The normalized spacial score (nSPS) is 20.6. The number of aliphatic hydroxyl groups is 1. The Bertz CT molecular complexity index is 742. The summed E-state index contributed by atoms with van der Waals surface area (Å²) in [6.45, 7) is 4.51. The van der Waals surface area contributed by atoms with Crippen LogP contribution in [0.15, 0.2) is 22.9 Å². The quantitative estimate of drug-likeness (QED) is 0.872. The van der Waals surface area contributed by atoms with Crippen molar-refractivity contribution in [2.75, 3.05) is 24.5 Å². The zero-order chi connectivity index (χ0) is 18.0. The Morgan fingerprint density at radius 2 is 2.28 bits per heavy atom. The Balaban J connectivity index is 1.65. The van der Waals surface area contributed by atoms with Gasteiger partial charge in [0.15, 0.2) is 0 Å². The Morgan fingerprint density at radius 3 is 2.92 bits per heavy atom. The van der Waals surface area contributed by atoms with Gasteiger partial charge in [-0.25, -0.2) is 9.37 Å². The number of carbonyl (C=O) groups excluding carboxylic acids is 1. The summed E-state index contributed by atoms with van der Waals surface area (Å²) in [7, 11) is 0. The number of halogens is 1. The molecule has 1 aliphatic heterocycles. The van der Waals surface area contributed by atoms with Crippen LogP contribution in [0.5, 0.6) is 0 Å². The molecular formula is C17H21FN4O3. The number of anilines is 1. The van der Waals surface area contributed by atoms with Crippen LogP contribution in [0.25, 0.3) is 0 Å². The van der Waals surface area contributed by atoms with Crippen LogP contribution in [0.2, 0.25) is 0 Å². The van der Waals surface area contributed by atoms with Gasteiger partial charge in [0.05, 0.1) is 17.5 Å². The van der Waals surface area contributed by atoms with Gasteiger partial charge in [-0.1, -0.05) is 5.16 Å². The molecule has 2 aromatic heterocycles. The van der Waals surface area contributed by atoms with E-state index in [1.165, 1.54) is 6.07 Å². The lowest BCUT2D eigenvalue weighted by molar-refractivity contribution is 0.0254. The predicted molar refractivity (Wildman–Crippen MR) is 88.9 cm³/mol. The molecule has 0 aliphatic carbocycles. The maximum Gasteiger partial charge on any atom is 0.256 e. The van der Waals surface area contributed by atoms with Crippen LogP contribution < -0.4 is 10.2 Å². The molecule has 1 fully saturated rings. The van der Waals surface area contributed by atoms with E-state index in [-0.39, 0.29) is 12.5 Å². The van der Waals surface area contributed by atoms with E-state index in [2.05, 4.69) is 15.5 Å². The highest BCUT2D eigenvalue weighted by Crippen LogP contribution is 2.25. The second-order valence-electron chi connectivity index (χ2n) is 6.47. The third-order valence-corrected chi connectivity index (χ3v) is 4.43. The number of pyridine rings is 1. The molecule has 1 aliphatic rings. The highest BCUT2D eigenvalue weighted by molar-refractivity contribution is 5.96. The third kappa shape index (κ3) is 3.79. The number of nitrogens with zero attached hydrogens (tertiary/aromatic N) is 3. The van der Waals surface area contributed by atoms with Crippen molar-refractivity contribution in [2.24, 2.45) is 0 Å². The Hall–Kier alpha value is -2.48. The summed E-state index contributed by atoms with van der Waals surface area (Å²) in [5.41, 5.74) is -0.164. The maximum absolute atomic E-state index is 13.0. The third-order valence-electron chi connectivity index (χ3n) is 4.43. The van der Waals surface area contributed by atoms with Crippen molar-refractivity contribution < 1.29 is 18.8 Å². The van der Waals surface area contributed by atoms with E-state index in [1.807, 2.05) is 4.90 Å². The molecule has 25 heavy (non-hydrogen) atoms. The van der Waals surface area contributed by atoms with Gasteiger partial charge < -0.3 is 19.8 Å². The highest BCUT2D eigenvalue weighted by atomic mass is 19.1. The molecule has 2 N–H and O–H groups in total. The van der Waals surface area contributed by atoms with Crippen LogP contribution in [-0.2, 0) is 0 Å². The van der Waals surface area contributed by atoms with E-state index in [0.29, 0.717) is 35.8 Å². The van der Waals surface area contributed by atoms with E-state index in [1.54, 1.807) is 19.9 Å². The topological polar surface area (TPSA) is 91.5 Å². The number of nitrogens with one attached hydrogen (secondary N) is 1. The number of hydrogen-bond donors (Lipinski definition) is 2. The number of amides is 1. The molecule has 1 amide bonds. The zero-order valence-electron chi connectivity index (χ0n) is 14.3. The minimum atomic E-state index is -1.08. The molecule has 3 heterocycles. The van der Waals surface area contributed by atoms with Crippen LogP contribution in [-0.4, -0.2) is 46.4 Å². The lowest BCUT2D eigenvalue weighted by Gasteiger charge is -2.39. The smallest absolute Gasteiger partial charge is 0.256 e. The number of carbonyl (C=O) groups is 1. The Labute approximate surface area is 144 Å². The highest BCUT2D eigenvalue weighted by Gasteiger charge is 2.34. The molecule has 0 bridgehead atoms. The largest absolute Gasteiger partial charge is 0.386 e. The van der Waals surface area contributed by atoms with Crippen molar-refractivity contribution in [2.45, 2.75) is 32.3 Å². The van der Waals surface area contributed by atoms with Gasteiger partial charge in [-0.05, 0) is 38.8 Å². The van der Waals surface area contributed by atoms with E-state index < -0.39 is 11.4 Å². The Morgan fingerprint density at radius 1 is 1.48 bits per heavy atom.